The van der Waals surface area contributed by atoms with Crippen LogP contribution in [0, 0.1) is 0 Å². The number of benzene rings is 1. The van der Waals surface area contributed by atoms with Crippen molar-refractivity contribution < 1.29 is 22.7 Å². The third-order valence-corrected chi connectivity index (χ3v) is 5.21. The molecule has 0 amide bonds. The Hall–Kier alpha value is -1.66. The lowest BCUT2D eigenvalue weighted by Gasteiger charge is -2.21. The first-order chi connectivity index (χ1) is 12.7. The van der Waals surface area contributed by atoms with E-state index in [1.165, 1.54) is 12.1 Å². The van der Waals surface area contributed by atoms with Crippen molar-refractivity contribution in [3.05, 3.63) is 60.1 Å². The zero-order valence-corrected chi connectivity index (χ0v) is 16.4. The van der Waals surface area contributed by atoms with Crippen LogP contribution < -0.4 is 0 Å². The fourth-order valence-electron chi connectivity index (χ4n) is 2.70. The number of unbranched alkanes of at least 4 members (excludes halogenated alkanes) is 1. The van der Waals surface area contributed by atoms with Gasteiger partial charge in [-0.1, -0.05) is 25.5 Å². The molecule has 0 saturated heterocycles. The van der Waals surface area contributed by atoms with Crippen LogP contribution in [-0.4, -0.2) is 16.5 Å². The third kappa shape index (κ3) is 7.11. The number of rotatable bonds is 9. The summed E-state index contributed by atoms with van der Waals surface area (Å²) in [5.41, 5.74) is -0.102. The molecular formula is C21H25F3O2S. The summed E-state index contributed by atoms with van der Waals surface area (Å²) in [5.74, 6) is 0.705. The van der Waals surface area contributed by atoms with Gasteiger partial charge in [-0.3, -0.25) is 0 Å². The summed E-state index contributed by atoms with van der Waals surface area (Å²) < 4.78 is 43.4. The van der Waals surface area contributed by atoms with Gasteiger partial charge in [0.05, 0.1) is 17.4 Å². The van der Waals surface area contributed by atoms with E-state index in [0.29, 0.717) is 18.6 Å². The van der Waals surface area contributed by atoms with Crippen molar-refractivity contribution in [2.45, 2.75) is 56.2 Å². The topological polar surface area (TPSA) is 33.4 Å². The van der Waals surface area contributed by atoms with Crippen LogP contribution in [-0.2, 0) is 6.18 Å². The maximum absolute atomic E-state index is 12.8. The fourth-order valence-corrected chi connectivity index (χ4v) is 3.72. The van der Waals surface area contributed by atoms with Crippen molar-refractivity contribution in [2.24, 2.45) is 0 Å². The first kappa shape index (κ1) is 21.6. The van der Waals surface area contributed by atoms with Crippen LogP contribution in [0.25, 0.3) is 5.57 Å². The second kappa shape index (κ2) is 9.51. The lowest BCUT2D eigenvalue weighted by molar-refractivity contribution is -0.137. The van der Waals surface area contributed by atoms with E-state index in [2.05, 4.69) is 6.92 Å². The number of aliphatic hydroxyl groups is 1. The number of alkyl halides is 3. The summed E-state index contributed by atoms with van der Waals surface area (Å²) in [6.07, 6.45) is 3.83. The van der Waals surface area contributed by atoms with E-state index in [1.54, 1.807) is 37.3 Å². The summed E-state index contributed by atoms with van der Waals surface area (Å²) in [4.78, 5) is 1.00. The van der Waals surface area contributed by atoms with E-state index in [9.17, 15) is 18.3 Å². The van der Waals surface area contributed by atoms with Crippen LogP contribution in [0.15, 0.2) is 58.2 Å². The van der Waals surface area contributed by atoms with Gasteiger partial charge in [-0.05, 0) is 61.6 Å². The molecule has 6 heteroatoms. The summed E-state index contributed by atoms with van der Waals surface area (Å²) in [6.45, 7) is 3.79. The Kier molecular flexibility index (Phi) is 7.62. The molecule has 1 aromatic heterocycles. The Morgan fingerprint density at radius 3 is 2.44 bits per heavy atom. The van der Waals surface area contributed by atoms with Crippen molar-refractivity contribution >= 4 is 17.3 Å². The number of hydrogen-bond acceptors (Lipinski definition) is 3. The van der Waals surface area contributed by atoms with Gasteiger partial charge in [0.25, 0.3) is 0 Å². The van der Waals surface area contributed by atoms with Crippen molar-refractivity contribution in [1.29, 1.82) is 0 Å². The van der Waals surface area contributed by atoms with E-state index in [4.69, 9.17) is 4.42 Å². The van der Waals surface area contributed by atoms with E-state index in [0.717, 1.165) is 41.0 Å². The maximum atomic E-state index is 12.8. The SMILES string of the molecule is CCCC/C(=C\C(C)(O)CCSc1ccoc1)c1ccc(C(F)(F)F)cc1. The fraction of sp³-hybridized carbons (Fsp3) is 0.429. The van der Waals surface area contributed by atoms with Crippen LogP contribution in [0.2, 0.25) is 0 Å². The van der Waals surface area contributed by atoms with Gasteiger partial charge in [-0.15, -0.1) is 11.8 Å². The maximum Gasteiger partial charge on any atom is 0.416 e. The van der Waals surface area contributed by atoms with Crippen LogP contribution in [0.1, 0.15) is 50.7 Å². The summed E-state index contributed by atoms with van der Waals surface area (Å²) >= 11 is 1.59. The quantitative estimate of drug-likeness (QED) is 0.471. The molecule has 0 radical (unpaired) electrons. The van der Waals surface area contributed by atoms with Crippen LogP contribution in [0.4, 0.5) is 13.2 Å². The molecule has 27 heavy (non-hydrogen) atoms. The molecule has 2 aromatic rings. The molecule has 0 saturated carbocycles. The second-order valence-electron chi connectivity index (χ2n) is 6.76. The van der Waals surface area contributed by atoms with Gasteiger partial charge < -0.3 is 9.52 Å². The third-order valence-electron chi connectivity index (χ3n) is 4.24. The Morgan fingerprint density at radius 1 is 1.19 bits per heavy atom. The molecule has 1 atom stereocenters. The minimum Gasteiger partial charge on any atom is -0.471 e. The molecule has 0 spiro atoms. The molecule has 1 unspecified atom stereocenters. The summed E-state index contributed by atoms with van der Waals surface area (Å²) in [5, 5.41) is 10.8. The predicted molar refractivity (Wildman–Crippen MR) is 104 cm³/mol. The predicted octanol–water partition coefficient (Wildman–Crippen LogP) is 6.81. The van der Waals surface area contributed by atoms with E-state index in [-0.39, 0.29) is 0 Å². The van der Waals surface area contributed by atoms with Gasteiger partial charge in [0.1, 0.15) is 6.26 Å². The minimum atomic E-state index is -4.35. The number of allylic oxidation sites excluding steroid dienone is 1. The smallest absolute Gasteiger partial charge is 0.416 e. The lowest BCUT2D eigenvalue weighted by atomic mass is 9.92. The van der Waals surface area contributed by atoms with Crippen molar-refractivity contribution in [1.82, 2.24) is 0 Å². The molecule has 0 bridgehead atoms. The number of furan rings is 1. The van der Waals surface area contributed by atoms with Gasteiger partial charge in [-0.25, -0.2) is 0 Å². The Balaban J connectivity index is 2.12. The molecule has 0 aliphatic rings. The van der Waals surface area contributed by atoms with Crippen LogP contribution in [0.3, 0.4) is 0 Å². The molecule has 1 aromatic carbocycles. The first-order valence-corrected chi connectivity index (χ1v) is 9.96. The minimum absolute atomic E-state index is 0.527. The van der Waals surface area contributed by atoms with Gasteiger partial charge in [-0.2, -0.15) is 13.2 Å². The molecule has 2 nitrogen and oxygen atoms in total. The normalized spacial score (nSPS) is 15.0. The zero-order chi connectivity index (χ0) is 19.9. The summed E-state index contributed by atoms with van der Waals surface area (Å²) in [7, 11) is 0. The van der Waals surface area contributed by atoms with Crippen molar-refractivity contribution in [2.75, 3.05) is 5.75 Å². The molecule has 0 aliphatic heterocycles. The largest absolute Gasteiger partial charge is 0.471 e. The van der Waals surface area contributed by atoms with Crippen molar-refractivity contribution in [3.63, 3.8) is 0 Å². The summed E-state index contributed by atoms with van der Waals surface area (Å²) in [6, 6.07) is 7.03. The highest BCUT2D eigenvalue weighted by Gasteiger charge is 2.30. The molecule has 2 rings (SSSR count). The number of hydrogen-bond donors (Lipinski definition) is 1. The van der Waals surface area contributed by atoms with Gasteiger partial charge in [0.15, 0.2) is 0 Å². The Labute approximate surface area is 162 Å². The highest BCUT2D eigenvalue weighted by Crippen LogP contribution is 2.32. The van der Waals surface area contributed by atoms with Gasteiger partial charge in [0.2, 0.25) is 0 Å². The van der Waals surface area contributed by atoms with E-state index >= 15 is 0 Å². The monoisotopic (exact) mass is 398 g/mol. The van der Waals surface area contributed by atoms with Gasteiger partial charge in [0, 0.05) is 10.6 Å². The highest BCUT2D eigenvalue weighted by atomic mass is 32.2. The molecule has 148 valence electrons. The van der Waals surface area contributed by atoms with E-state index in [1.807, 2.05) is 6.07 Å². The van der Waals surface area contributed by atoms with E-state index < -0.39 is 17.3 Å². The highest BCUT2D eigenvalue weighted by molar-refractivity contribution is 7.99. The van der Waals surface area contributed by atoms with Crippen LogP contribution >= 0.6 is 11.8 Å². The van der Waals surface area contributed by atoms with Gasteiger partial charge >= 0.3 is 6.18 Å². The molecule has 0 aliphatic carbocycles. The van der Waals surface area contributed by atoms with Crippen LogP contribution in [0.5, 0.6) is 0 Å². The number of halogens is 3. The average Bonchev–Trinajstić information content (AvgIpc) is 3.11. The first-order valence-electron chi connectivity index (χ1n) is 8.98. The zero-order valence-electron chi connectivity index (χ0n) is 15.6. The molecule has 1 heterocycles. The second-order valence-corrected chi connectivity index (χ2v) is 7.93. The van der Waals surface area contributed by atoms with Crippen molar-refractivity contribution in [3.8, 4) is 0 Å². The number of thioether (sulfide) groups is 1. The lowest BCUT2D eigenvalue weighted by Crippen LogP contribution is -2.22. The Bertz CT molecular complexity index is 717. The average molecular weight is 398 g/mol. The standard InChI is InChI=1S/C21H25F3O2S/c1-3-4-5-17(16-6-8-18(9-7-16)21(22,23)24)14-20(2,25)11-13-27-19-10-12-26-15-19/h6-10,12,14-15,25H,3-5,11,13H2,1-2H3/b17-14+. The molecular weight excluding hydrogens is 373 g/mol. The Morgan fingerprint density at radius 2 is 1.89 bits per heavy atom. The molecule has 1 N–H and O–H groups in total. The molecule has 0 fully saturated rings.